The van der Waals surface area contributed by atoms with Crippen molar-refractivity contribution in [1.29, 1.82) is 31.6 Å². The number of thiocyanates is 6. The van der Waals surface area contributed by atoms with E-state index in [-0.39, 0.29) is 33.4 Å². The molecule has 0 aromatic rings. The van der Waals surface area contributed by atoms with Gasteiger partial charge in [-0.1, -0.05) is 32.4 Å². The summed E-state index contributed by atoms with van der Waals surface area (Å²) >= 11 is 22.2. The van der Waals surface area contributed by atoms with E-state index < -0.39 is 0 Å². The van der Waals surface area contributed by atoms with Crippen LogP contribution in [0, 0.1) is 64.0 Å². The van der Waals surface area contributed by atoms with Gasteiger partial charge in [0.15, 0.2) is 0 Å². The second-order valence-electron chi connectivity index (χ2n) is 0.548. The average Bonchev–Trinajstić information content (AvgIpc) is 2.23. The first-order valence-corrected chi connectivity index (χ1v) is 5.02. The summed E-state index contributed by atoms with van der Waals surface area (Å²) in [7, 11) is 0. The maximum atomic E-state index is 7.13. The van der Waals surface area contributed by atoms with Crippen LogP contribution in [0.3, 0.4) is 0 Å². The normalized spacial score (nSPS) is 2.00. The number of hydrogen-bond donors (Lipinski definition) is 2. The molecule has 118 valence electrons. The molecule has 0 fully saturated rings. The predicted molar refractivity (Wildman–Crippen MR) is 89.8 cm³/mol. The van der Waals surface area contributed by atoms with Crippen LogP contribution >= 0.6 is 0 Å². The Morgan fingerprint density at radius 1 is 0.381 bits per heavy atom. The Kier molecular flexibility index (Phi) is 725. The summed E-state index contributed by atoms with van der Waals surface area (Å²) in [5.41, 5.74) is 0. The molecule has 0 unspecified atom stereocenters. The second-order valence-corrected chi connectivity index (χ2v) is 1.64. The van der Waals surface area contributed by atoms with E-state index in [1.165, 1.54) is 32.4 Å². The molecule has 0 amide bonds. The molecule has 8 N–H and O–H groups in total. The van der Waals surface area contributed by atoms with Gasteiger partial charge in [-0.25, -0.2) is 31.6 Å². The van der Waals surface area contributed by atoms with Gasteiger partial charge in [0.05, 0.1) is 0 Å². The molecule has 0 aliphatic heterocycles. The van der Waals surface area contributed by atoms with Crippen molar-refractivity contribution in [2.45, 2.75) is 0 Å². The standard InChI is InChI=1S/6CHNS.2H3N.Pt/c6*2-1-3;;;/h6*3H;2*1H3;/q;;;;;;;;+4/p-4. The molecule has 0 aromatic carbocycles. The van der Waals surface area contributed by atoms with Crippen molar-refractivity contribution in [2.24, 2.45) is 0 Å². The fourth-order valence-electron chi connectivity index (χ4n) is 0. The number of nitrogens with zero attached hydrogens (tertiary/aromatic N) is 6. The first-order chi connectivity index (χ1) is 8.49. The Morgan fingerprint density at radius 2 is 0.381 bits per heavy atom. The summed E-state index contributed by atoms with van der Waals surface area (Å²) in [5.74, 6) is 0. The fraction of sp³-hybridized carbons (Fsp3) is 0. The molecule has 0 aliphatic rings. The van der Waals surface area contributed by atoms with Gasteiger partial charge in [-0.2, -0.15) is 0 Å². The van der Waals surface area contributed by atoms with E-state index in [0.717, 1.165) is 0 Å². The number of rotatable bonds is 0. The van der Waals surface area contributed by atoms with Gasteiger partial charge in [-0.15, -0.1) is 0 Å². The zero-order valence-corrected chi connectivity index (χ0v) is 17.6. The third-order valence-corrected chi connectivity index (χ3v) is 0. The molecular weight excluding hydrogens is 572 g/mol. The van der Waals surface area contributed by atoms with Crippen molar-refractivity contribution in [1.82, 2.24) is 12.3 Å². The Labute approximate surface area is 172 Å². The fourth-order valence-corrected chi connectivity index (χ4v) is 0. The molecule has 0 saturated heterocycles. The minimum atomic E-state index is 0. The van der Waals surface area contributed by atoms with Crippen molar-refractivity contribution < 1.29 is 21.1 Å². The van der Waals surface area contributed by atoms with Gasteiger partial charge in [0.1, 0.15) is 0 Å². The minimum Gasteiger partial charge on any atom is -0.696 e. The quantitative estimate of drug-likeness (QED) is 0.301. The Morgan fingerprint density at radius 3 is 0.381 bits per heavy atom. The topological polar surface area (TPSA) is 216 Å². The summed E-state index contributed by atoms with van der Waals surface area (Å²) in [6.45, 7) is 0. The molecule has 0 saturated carbocycles. The Hall–Kier alpha value is -1.13. The van der Waals surface area contributed by atoms with Crippen LogP contribution in [0.4, 0.5) is 0 Å². The second kappa shape index (κ2) is 254. The maximum absolute atomic E-state index is 7.13. The van der Waals surface area contributed by atoms with Crippen LogP contribution in [0.1, 0.15) is 0 Å². The number of hydrogen-bond acceptors (Lipinski definition) is 12. The van der Waals surface area contributed by atoms with Gasteiger partial charge in [0.25, 0.3) is 0 Å². The van der Waals surface area contributed by atoms with Gasteiger partial charge in [0.2, 0.25) is 0 Å². The summed E-state index contributed by atoms with van der Waals surface area (Å²) < 4.78 is 0. The summed E-state index contributed by atoms with van der Waals surface area (Å²) in [5, 5.41) is 50.8. The summed E-state index contributed by atoms with van der Waals surface area (Å²) in [4.78, 5) is 0. The van der Waals surface area contributed by atoms with Gasteiger partial charge >= 0.3 is 21.1 Å². The molecule has 0 aromatic heterocycles. The van der Waals surface area contributed by atoms with Gasteiger partial charge in [-0.05, 0) is 0 Å². The molecule has 15 heteroatoms. The van der Waals surface area contributed by atoms with Gasteiger partial charge < -0.3 is 88.1 Å². The molecule has 0 heterocycles. The average molecular weight is 580 g/mol. The van der Waals surface area contributed by atoms with E-state index in [2.05, 4.69) is 75.8 Å². The zero-order valence-electron chi connectivity index (χ0n) is 10.4. The Bertz CT molecular complexity index is 259. The van der Waals surface area contributed by atoms with E-state index in [1.54, 1.807) is 0 Å². The largest absolute Gasteiger partial charge is 4.00 e. The molecule has 0 spiro atoms. The van der Waals surface area contributed by atoms with Gasteiger partial charge in [0, 0.05) is 0 Å². The first-order valence-electron chi connectivity index (χ1n) is 2.57. The smallest absolute Gasteiger partial charge is 0.696 e. The van der Waals surface area contributed by atoms with Crippen LogP contribution in [-0.2, 0) is 96.8 Å². The molecular formula is C6H8N8PtS6. The number of nitriles is 6. The van der Waals surface area contributed by atoms with Gasteiger partial charge in [-0.3, -0.25) is 0 Å². The van der Waals surface area contributed by atoms with Crippen molar-refractivity contribution in [2.75, 3.05) is 0 Å². The van der Waals surface area contributed by atoms with E-state index >= 15 is 0 Å². The van der Waals surface area contributed by atoms with Crippen LogP contribution in [0.15, 0.2) is 0 Å². The molecule has 0 aliphatic carbocycles. The third-order valence-electron chi connectivity index (χ3n) is 0. The van der Waals surface area contributed by atoms with Crippen molar-refractivity contribution in [3.63, 3.8) is 0 Å². The summed E-state index contributed by atoms with van der Waals surface area (Å²) in [6, 6.07) is 0. The van der Waals surface area contributed by atoms with E-state index in [1.807, 2.05) is 0 Å². The molecule has 21 heavy (non-hydrogen) atoms. The molecule has 0 atom stereocenters. The van der Waals surface area contributed by atoms with Crippen LogP contribution in [0.5, 0.6) is 0 Å². The monoisotopic (exact) mass is 579 g/mol. The van der Waals surface area contributed by atoms with Crippen molar-refractivity contribution >= 4 is 75.8 Å². The van der Waals surface area contributed by atoms with E-state index in [0.29, 0.717) is 0 Å². The van der Waals surface area contributed by atoms with Crippen LogP contribution in [-0.4, -0.2) is 0 Å². The Balaban J connectivity index is -0.0000000114. The van der Waals surface area contributed by atoms with E-state index in [9.17, 15) is 0 Å². The third kappa shape index (κ3) is 4190. The summed E-state index contributed by atoms with van der Waals surface area (Å²) in [6.07, 6.45) is 0. The molecule has 8 nitrogen and oxygen atoms in total. The van der Waals surface area contributed by atoms with Crippen molar-refractivity contribution in [3.8, 4) is 32.4 Å². The van der Waals surface area contributed by atoms with Crippen LogP contribution < -0.4 is 12.3 Å². The van der Waals surface area contributed by atoms with Crippen molar-refractivity contribution in [3.05, 3.63) is 0 Å². The predicted octanol–water partition coefficient (Wildman–Crippen LogP) is 0.836. The number of quaternary nitrogens is 2. The van der Waals surface area contributed by atoms with E-state index in [4.69, 9.17) is 31.6 Å². The zero-order chi connectivity index (χ0) is 16.2. The maximum Gasteiger partial charge on any atom is 4.00 e. The molecule has 0 radical (unpaired) electrons. The molecule has 0 bridgehead atoms. The minimum absolute atomic E-state index is 0. The molecule has 0 rings (SSSR count). The van der Waals surface area contributed by atoms with Crippen LogP contribution in [0.2, 0.25) is 0 Å². The first kappa shape index (κ1) is 59.9. The SMILES string of the molecule is N#C[S-].N#C[S-].N#C[S-].N#C[S-].N#C[S-].N#C[S-].[NH4+].[NH4+].[Pt+4]. The van der Waals surface area contributed by atoms with Crippen LogP contribution in [0.25, 0.3) is 0 Å².